The fraction of sp³-hybridized carbons (Fsp3) is 1.00. The summed E-state index contributed by atoms with van der Waals surface area (Å²) in [5, 5.41) is 3.37. The molecule has 2 aliphatic heterocycles. The highest BCUT2D eigenvalue weighted by Gasteiger charge is 2.39. The minimum absolute atomic E-state index is 0.137. The summed E-state index contributed by atoms with van der Waals surface area (Å²) in [5.41, 5.74) is 0. The zero-order valence-electron chi connectivity index (χ0n) is 13.7. The van der Waals surface area contributed by atoms with Gasteiger partial charge in [-0.05, 0) is 58.5 Å². The molecule has 0 unspecified atom stereocenters. The molecule has 0 bridgehead atoms. The largest absolute Gasteiger partial charge is 0.317 e. The van der Waals surface area contributed by atoms with Gasteiger partial charge >= 0.3 is 0 Å². The van der Waals surface area contributed by atoms with E-state index in [-0.39, 0.29) is 12.1 Å². The molecule has 2 heterocycles. The minimum atomic E-state index is -3.28. The summed E-state index contributed by atoms with van der Waals surface area (Å²) in [5.74, 6) is 0.618. The van der Waals surface area contributed by atoms with Crippen molar-refractivity contribution in [2.75, 3.05) is 26.2 Å². The van der Waals surface area contributed by atoms with Crippen LogP contribution in [0.3, 0.4) is 0 Å². The summed E-state index contributed by atoms with van der Waals surface area (Å²) in [4.78, 5) is 0. The Labute approximate surface area is 130 Å². The third kappa shape index (κ3) is 3.97. The van der Waals surface area contributed by atoms with Gasteiger partial charge in [-0.2, -0.15) is 17.0 Å². The molecule has 0 aromatic carbocycles. The Morgan fingerprint density at radius 3 is 2.14 bits per heavy atom. The van der Waals surface area contributed by atoms with Crippen molar-refractivity contribution >= 4 is 10.2 Å². The van der Waals surface area contributed by atoms with Crippen LogP contribution in [0.4, 0.5) is 0 Å². The van der Waals surface area contributed by atoms with Crippen LogP contribution < -0.4 is 5.32 Å². The van der Waals surface area contributed by atoms with Crippen molar-refractivity contribution < 1.29 is 8.42 Å². The van der Waals surface area contributed by atoms with Crippen LogP contribution in [0.15, 0.2) is 0 Å². The van der Waals surface area contributed by atoms with E-state index in [0.717, 1.165) is 45.2 Å². The van der Waals surface area contributed by atoms with Gasteiger partial charge in [-0.3, -0.25) is 0 Å². The molecule has 2 aliphatic rings. The summed E-state index contributed by atoms with van der Waals surface area (Å²) < 4.78 is 29.3. The summed E-state index contributed by atoms with van der Waals surface area (Å²) in [6.07, 6.45) is 5.06. The van der Waals surface area contributed by atoms with Crippen molar-refractivity contribution in [3.63, 3.8) is 0 Å². The Balaban J connectivity index is 1.97. The second-order valence-corrected chi connectivity index (χ2v) is 8.45. The van der Waals surface area contributed by atoms with Gasteiger partial charge < -0.3 is 5.32 Å². The van der Waals surface area contributed by atoms with Gasteiger partial charge in [-0.15, -0.1) is 0 Å². The smallest absolute Gasteiger partial charge is 0.282 e. The van der Waals surface area contributed by atoms with Gasteiger partial charge in [0.1, 0.15) is 0 Å². The lowest BCUT2D eigenvalue weighted by atomic mass is 9.98. The number of nitrogens with one attached hydrogen (secondary N) is 1. The molecule has 2 saturated heterocycles. The topological polar surface area (TPSA) is 52.7 Å². The van der Waals surface area contributed by atoms with Crippen molar-refractivity contribution in [1.29, 1.82) is 0 Å². The first-order chi connectivity index (χ1) is 9.96. The van der Waals surface area contributed by atoms with Crippen molar-refractivity contribution in [2.24, 2.45) is 5.92 Å². The molecule has 6 heteroatoms. The molecular formula is C15H31N3O2S. The van der Waals surface area contributed by atoms with E-state index in [1.807, 2.05) is 13.8 Å². The maximum Gasteiger partial charge on any atom is 0.282 e. The van der Waals surface area contributed by atoms with Gasteiger partial charge in [0.05, 0.1) is 0 Å². The van der Waals surface area contributed by atoms with E-state index in [2.05, 4.69) is 12.2 Å². The van der Waals surface area contributed by atoms with Gasteiger partial charge in [-0.25, -0.2) is 0 Å². The lowest BCUT2D eigenvalue weighted by Crippen LogP contribution is -2.55. The third-order valence-electron chi connectivity index (χ3n) is 4.96. The zero-order chi connectivity index (χ0) is 15.5. The molecule has 0 aromatic heterocycles. The zero-order valence-corrected chi connectivity index (χ0v) is 14.5. The standard InChI is InChI=1S/C15H31N3O2S/c1-4-16-12-15-8-10-17(11-9-15)21(19,20)18-13(2)6-5-7-14(18)3/h13-16H,4-12H2,1-3H3/t13-,14+. The molecule has 0 aromatic rings. The molecule has 0 radical (unpaired) electrons. The molecule has 1 N–H and O–H groups in total. The van der Waals surface area contributed by atoms with Crippen LogP contribution in [-0.2, 0) is 10.2 Å². The van der Waals surface area contributed by atoms with Crippen LogP contribution in [0.25, 0.3) is 0 Å². The maximum atomic E-state index is 12.9. The molecule has 2 fully saturated rings. The summed E-state index contributed by atoms with van der Waals surface area (Å²) in [6, 6.07) is 0.275. The van der Waals surface area contributed by atoms with Crippen LogP contribution in [0.1, 0.15) is 52.9 Å². The number of rotatable bonds is 5. The molecule has 0 amide bonds. The quantitative estimate of drug-likeness (QED) is 0.841. The van der Waals surface area contributed by atoms with E-state index in [1.165, 1.54) is 0 Å². The van der Waals surface area contributed by atoms with E-state index in [9.17, 15) is 8.42 Å². The Bertz CT molecular complexity index is 409. The molecule has 124 valence electrons. The Morgan fingerprint density at radius 1 is 1.05 bits per heavy atom. The number of hydrogen-bond acceptors (Lipinski definition) is 3. The number of hydrogen-bond donors (Lipinski definition) is 1. The Morgan fingerprint density at radius 2 is 1.62 bits per heavy atom. The molecule has 0 spiro atoms. The van der Waals surface area contributed by atoms with E-state index in [4.69, 9.17) is 0 Å². The van der Waals surface area contributed by atoms with Crippen molar-refractivity contribution in [3.05, 3.63) is 0 Å². The molecule has 0 saturated carbocycles. The molecule has 2 rings (SSSR count). The Kier molecular flexibility index (Phi) is 6.05. The first-order valence-corrected chi connectivity index (χ1v) is 9.85. The Hall–Kier alpha value is -0.170. The minimum Gasteiger partial charge on any atom is -0.317 e. The molecule has 5 nitrogen and oxygen atoms in total. The van der Waals surface area contributed by atoms with Crippen LogP contribution in [0.2, 0.25) is 0 Å². The van der Waals surface area contributed by atoms with E-state index >= 15 is 0 Å². The van der Waals surface area contributed by atoms with E-state index in [0.29, 0.717) is 19.0 Å². The highest BCUT2D eigenvalue weighted by molar-refractivity contribution is 7.86. The second kappa shape index (κ2) is 7.40. The number of nitrogens with zero attached hydrogens (tertiary/aromatic N) is 2. The maximum absolute atomic E-state index is 12.9. The third-order valence-corrected chi connectivity index (χ3v) is 7.23. The SMILES string of the molecule is CCNCC1CCN(S(=O)(=O)N2[C@H](C)CCC[C@@H]2C)CC1. The molecule has 0 aliphatic carbocycles. The lowest BCUT2D eigenvalue weighted by Gasteiger charge is -2.42. The second-order valence-electron chi connectivity index (χ2n) is 6.62. The van der Waals surface area contributed by atoms with Gasteiger partial charge in [0, 0.05) is 25.2 Å². The highest BCUT2D eigenvalue weighted by atomic mass is 32.2. The number of piperidine rings is 2. The lowest BCUT2D eigenvalue weighted by molar-refractivity contribution is 0.177. The first kappa shape index (κ1) is 17.2. The predicted molar refractivity (Wildman–Crippen MR) is 86.4 cm³/mol. The van der Waals surface area contributed by atoms with Crippen LogP contribution >= 0.6 is 0 Å². The van der Waals surface area contributed by atoms with E-state index in [1.54, 1.807) is 8.61 Å². The normalized spacial score (nSPS) is 30.6. The first-order valence-electron chi connectivity index (χ1n) is 8.46. The fourth-order valence-corrected chi connectivity index (χ4v) is 5.74. The predicted octanol–water partition coefficient (Wildman–Crippen LogP) is 1.82. The molecule has 2 atom stereocenters. The average molecular weight is 317 g/mol. The molecular weight excluding hydrogens is 286 g/mol. The van der Waals surface area contributed by atoms with E-state index < -0.39 is 10.2 Å². The fourth-order valence-electron chi connectivity index (χ4n) is 3.68. The van der Waals surface area contributed by atoms with Gasteiger partial charge in [-0.1, -0.05) is 13.3 Å². The van der Waals surface area contributed by atoms with Crippen molar-refractivity contribution in [2.45, 2.75) is 65.0 Å². The van der Waals surface area contributed by atoms with Crippen LogP contribution in [-0.4, -0.2) is 55.3 Å². The molecule has 21 heavy (non-hydrogen) atoms. The summed E-state index contributed by atoms with van der Waals surface area (Å²) >= 11 is 0. The van der Waals surface area contributed by atoms with Crippen molar-refractivity contribution in [3.8, 4) is 0 Å². The van der Waals surface area contributed by atoms with Crippen molar-refractivity contribution in [1.82, 2.24) is 13.9 Å². The van der Waals surface area contributed by atoms with Gasteiger partial charge in [0.15, 0.2) is 0 Å². The summed E-state index contributed by atoms with van der Waals surface area (Å²) in [6.45, 7) is 9.56. The average Bonchev–Trinajstić information content (AvgIpc) is 2.45. The monoisotopic (exact) mass is 317 g/mol. The van der Waals surface area contributed by atoms with Gasteiger partial charge in [0.25, 0.3) is 10.2 Å². The van der Waals surface area contributed by atoms with Crippen LogP contribution in [0.5, 0.6) is 0 Å². The van der Waals surface area contributed by atoms with Crippen LogP contribution in [0, 0.1) is 5.92 Å². The highest BCUT2D eigenvalue weighted by Crippen LogP contribution is 2.29. The van der Waals surface area contributed by atoms with Gasteiger partial charge in [0.2, 0.25) is 0 Å². The summed E-state index contributed by atoms with van der Waals surface area (Å²) in [7, 11) is -3.28.